The van der Waals surface area contributed by atoms with Gasteiger partial charge in [-0.3, -0.25) is 0 Å². The van der Waals surface area contributed by atoms with Crippen molar-refractivity contribution in [2.45, 2.75) is 20.0 Å². The normalized spacial score (nSPS) is 14.4. The fraction of sp³-hybridized carbons (Fsp3) is 0.294. The zero-order chi connectivity index (χ0) is 13.9. The first-order valence-electron chi connectivity index (χ1n) is 7.04. The van der Waals surface area contributed by atoms with Crippen LogP contribution in [0.3, 0.4) is 0 Å². The van der Waals surface area contributed by atoms with Crippen LogP contribution in [0.2, 0.25) is 0 Å². The Hall–Kier alpha value is -2.00. The fourth-order valence-corrected chi connectivity index (χ4v) is 2.85. The Balaban J connectivity index is 2.00. The van der Waals surface area contributed by atoms with E-state index in [1.807, 2.05) is 12.1 Å². The summed E-state index contributed by atoms with van der Waals surface area (Å²) in [4.78, 5) is 2.38. The number of benzene rings is 2. The molecule has 0 unspecified atom stereocenters. The van der Waals surface area contributed by atoms with E-state index in [0.29, 0.717) is 13.2 Å². The van der Waals surface area contributed by atoms with Crippen molar-refractivity contribution in [1.82, 2.24) is 0 Å². The minimum Gasteiger partial charge on any atom is -0.491 e. The van der Waals surface area contributed by atoms with E-state index in [1.54, 1.807) is 0 Å². The lowest BCUT2D eigenvalue weighted by atomic mass is 10.1. The molecule has 0 saturated carbocycles. The molecule has 0 fully saturated rings. The predicted octanol–water partition coefficient (Wildman–Crippen LogP) is 2.85. The highest BCUT2D eigenvalue weighted by Gasteiger charge is 2.18. The summed E-state index contributed by atoms with van der Waals surface area (Å²) in [6.07, 6.45) is 0. The van der Waals surface area contributed by atoms with Gasteiger partial charge in [-0.25, -0.2) is 0 Å². The number of fused-ring (bicyclic) bond motifs is 1. The van der Waals surface area contributed by atoms with Gasteiger partial charge < -0.3 is 15.4 Å². The molecule has 1 heterocycles. The molecule has 104 valence electrons. The van der Waals surface area contributed by atoms with E-state index in [4.69, 9.17) is 10.5 Å². The monoisotopic (exact) mass is 268 g/mol. The first-order valence-corrected chi connectivity index (χ1v) is 7.04. The summed E-state index contributed by atoms with van der Waals surface area (Å²) in [6, 6.07) is 14.6. The van der Waals surface area contributed by atoms with Crippen LogP contribution in [-0.4, -0.2) is 13.2 Å². The van der Waals surface area contributed by atoms with E-state index in [2.05, 4.69) is 42.2 Å². The molecule has 0 saturated heterocycles. The highest BCUT2D eigenvalue weighted by molar-refractivity contribution is 5.60. The molecule has 3 heteroatoms. The Morgan fingerprint density at radius 3 is 2.85 bits per heavy atom. The summed E-state index contributed by atoms with van der Waals surface area (Å²) in [5.74, 6) is 0.998. The molecule has 0 aliphatic carbocycles. The fourth-order valence-electron chi connectivity index (χ4n) is 2.85. The van der Waals surface area contributed by atoms with Gasteiger partial charge in [-0.05, 0) is 24.1 Å². The second-order valence-electron chi connectivity index (χ2n) is 5.16. The highest BCUT2D eigenvalue weighted by Crippen LogP contribution is 2.30. The lowest BCUT2D eigenvalue weighted by molar-refractivity contribution is 0.331. The molecule has 0 radical (unpaired) electrons. The molecule has 0 bridgehead atoms. The molecule has 2 N–H and O–H groups in total. The summed E-state index contributed by atoms with van der Waals surface area (Å²) in [5.41, 5.74) is 10.9. The van der Waals surface area contributed by atoms with Gasteiger partial charge >= 0.3 is 0 Å². The lowest BCUT2D eigenvalue weighted by Crippen LogP contribution is -2.27. The van der Waals surface area contributed by atoms with Crippen LogP contribution >= 0.6 is 0 Å². The van der Waals surface area contributed by atoms with E-state index in [-0.39, 0.29) is 0 Å². The van der Waals surface area contributed by atoms with Gasteiger partial charge in [0.1, 0.15) is 12.4 Å². The van der Waals surface area contributed by atoms with Crippen LogP contribution in [0.25, 0.3) is 0 Å². The average Bonchev–Trinajstić information content (AvgIpc) is 2.68. The molecule has 0 atom stereocenters. The number of anilines is 1. The summed E-state index contributed by atoms with van der Waals surface area (Å²) >= 11 is 0. The first-order chi connectivity index (χ1) is 9.79. The molecule has 20 heavy (non-hydrogen) atoms. The number of nitrogens with two attached hydrogens (primary N) is 1. The maximum Gasteiger partial charge on any atom is 0.124 e. The van der Waals surface area contributed by atoms with Crippen molar-refractivity contribution >= 4 is 5.69 Å². The van der Waals surface area contributed by atoms with Crippen LogP contribution < -0.4 is 15.4 Å². The molecule has 2 aromatic carbocycles. The van der Waals surface area contributed by atoms with Crippen LogP contribution in [0.5, 0.6) is 5.75 Å². The second-order valence-corrected chi connectivity index (χ2v) is 5.16. The smallest absolute Gasteiger partial charge is 0.124 e. The van der Waals surface area contributed by atoms with Crippen molar-refractivity contribution in [2.24, 2.45) is 5.73 Å². The second kappa shape index (κ2) is 5.55. The quantitative estimate of drug-likeness (QED) is 0.910. The zero-order valence-electron chi connectivity index (χ0n) is 11.8. The summed E-state index contributed by atoms with van der Waals surface area (Å²) in [5, 5.41) is 0. The van der Waals surface area contributed by atoms with Gasteiger partial charge in [0, 0.05) is 24.3 Å². The van der Waals surface area contributed by atoms with E-state index in [9.17, 15) is 0 Å². The molecule has 1 aliphatic rings. The third-order valence-electron chi connectivity index (χ3n) is 3.81. The number of ether oxygens (including phenoxy) is 1. The van der Waals surface area contributed by atoms with E-state index < -0.39 is 0 Å². The van der Waals surface area contributed by atoms with Gasteiger partial charge in [0.2, 0.25) is 0 Å². The van der Waals surface area contributed by atoms with Crippen molar-refractivity contribution < 1.29 is 4.74 Å². The molecule has 0 amide bonds. The Kier molecular flexibility index (Phi) is 3.61. The summed E-state index contributed by atoms with van der Waals surface area (Å²) < 4.78 is 5.84. The maximum atomic E-state index is 5.90. The van der Waals surface area contributed by atoms with Gasteiger partial charge in [-0.2, -0.15) is 0 Å². The Morgan fingerprint density at radius 1 is 1.15 bits per heavy atom. The Morgan fingerprint density at radius 2 is 2.00 bits per heavy atom. The lowest BCUT2D eigenvalue weighted by Gasteiger charge is -2.26. The number of hydrogen-bond acceptors (Lipinski definition) is 3. The molecule has 2 aromatic rings. The van der Waals surface area contributed by atoms with Crippen LogP contribution in [0.1, 0.15) is 16.7 Å². The summed E-state index contributed by atoms with van der Waals surface area (Å²) in [6.45, 7) is 5.16. The minimum absolute atomic E-state index is 0.565. The topological polar surface area (TPSA) is 38.5 Å². The minimum atomic E-state index is 0.565. The molecule has 0 aromatic heterocycles. The zero-order valence-corrected chi connectivity index (χ0v) is 11.8. The maximum absolute atomic E-state index is 5.90. The first kappa shape index (κ1) is 13.0. The molecule has 1 aliphatic heterocycles. The van der Waals surface area contributed by atoms with E-state index in [0.717, 1.165) is 18.8 Å². The van der Waals surface area contributed by atoms with Gasteiger partial charge in [-0.1, -0.05) is 36.4 Å². The molecular formula is C17H20N2O. The molecule has 3 nitrogen and oxygen atoms in total. The van der Waals surface area contributed by atoms with Crippen molar-refractivity contribution in [3.05, 3.63) is 59.2 Å². The predicted molar refractivity (Wildman–Crippen MR) is 82.1 cm³/mol. The average molecular weight is 268 g/mol. The van der Waals surface area contributed by atoms with Gasteiger partial charge in [0.15, 0.2) is 0 Å². The van der Waals surface area contributed by atoms with Crippen molar-refractivity contribution in [2.75, 3.05) is 18.1 Å². The standard InChI is InChI=1S/C17H20N2O/c1-13-5-4-7-14(11-18)17(13)19-9-10-20-16-8-3-2-6-15(16)12-19/h2-8H,9-12,18H2,1H3. The van der Waals surface area contributed by atoms with Crippen molar-refractivity contribution in [3.63, 3.8) is 0 Å². The molecular weight excluding hydrogens is 248 g/mol. The highest BCUT2D eigenvalue weighted by atomic mass is 16.5. The number of para-hydroxylation sites is 2. The van der Waals surface area contributed by atoms with Gasteiger partial charge in [-0.15, -0.1) is 0 Å². The molecule has 3 rings (SSSR count). The summed E-state index contributed by atoms with van der Waals surface area (Å²) in [7, 11) is 0. The number of aryl methyl sites for hydroxylation is 1. The van der Waals surface area contributed by atoms with Crippen molar-refractivity contribution in [1.29, 1.82) is 0 Å². The number of nitrogens with zero attached hydrogens (tertiary/aromatic N) is 1. The van der Waals surface area contributed by atoms with Crippen LogP contribution in [0.15, 0.2) is 42.5 Å². The largest absolute Gasteiger partial charge is 0.491 e. The number of rotatable bonds is 2. The third-order valence-corrected chi connectivity index (χ3v) is 3.81. The van der Waals surface area contributed by atoms with Crippen LogP contribution in [-0.2, 0) is 13.1 Å². The van der Waals surface area contributed by atoms with Gasteiger partial charge in [0.05, 0.1) is 6.54 Å². The van der Waals surface area contributed by atoms with E-state index in [1.165, 1.54) is 22.4 Å². The van der Waals surface area contributed by atoms with Gasteiger partial charge in [0.25, 0.3) is 0 Å². The number of hydrogen-bond donors (Lipinski definition) is 1. The van der Waals surface area contributed by atoms with Crippen molar-refractivity contribution in [3.8, 4) is 5.75 Å². The Labute approximate surface area is 120 Å². The molecule has 0 spiro atoms. The van der Waals surface area contributed by atoms with Crippen LogP contribution in [0, 0.1) is 6.92 Å². The van der Waals surface area contributed by atoms with Crippen LogP contribution in [0.4, 0.5) is 5.69 Å². The third kappa shape index (κ3) is 2.37. The Bertz CT molecular complexity index is 610. The SMILES string of the molecule is Cc1cccc(CN)c1N1CCOc2ccccc2C1. The van der Waals surface area contributed by atoms with E-state index >= 15 is 0 Å².